The molecular formula is C10H14N4OS. The van der Waals surface area contributed by atoms with E-state index in [0.29, 0.717) is 12.1 Å². The molecular weight excluding hydrogens is 224 g/mol. The van der Waals surface area contributed by atoms with E-state index in [4.69, 9.17) is 18.0 Å². The summed E-state index contributed by atoms with van der Waals surface area (Å²) in [5, 5.41) is 2.68. The Kier molecular flexibility index (Phi) is 4.78. The number of nitrogens with zero attached hydrogens (tertiary/aromatic N) is 2. The smallest absolute Gasteiger partial charge is 0.234 e. The Labute approximate surface area is 99.5 Å². The van der Waals surface area contributed by atoms with E-state index in [1.807, 2.05) is 6.92 Å². The van der Waals surface area contributed by atoms with Gasteiger partial charge in [-0.05, 0) is 6.42 Å². The molecule has 0 aliphatic rings. The fourth-order valence-corrected chi connectivity index (χ4v) is 1.51. The summed E-state index contributed by atoms with van der Waals surface area (Å²) in [4.78, 5) is 19.6. The third-order valence-electron chi connectivity index (χ3n) is 2.07. The second-order valence-corrected chi connectivity index (χ2v) is 3.83. The molecule has 3 N–H and O–H groups in total. The van der Waals surface area contributed by atoms with Crippen LogP contribution in [-0.4, -0.2) is 20.9 Å². The number of carbonyl (C=O) groups is 1. The quantitative estimate of drug-likeness (QED) is 0.751. The minimum Gasteiger partial charge on any atom is -0.393 e. The molecule has 0 aromatic carbocycles. The van der Waals surface area contributed by atoms with Crippen LogP contribution in [0.15, 0.2) is 18.7 Å². The first-order chi connectivity index (χ1) is 7.65. The van der Waals surface area contributed by atoms with Crippen LogP contribution in [0.4, 0.5) is 5.69 Å². The van der Waals surface area contributed by atoms with E-state index in [-0.39, 0.29) is 10.9 Å². The fraction of sp³-hybridized carbons (Fsp3) is 0.400. The monoisotopic (exact) mass is 238 g/mol. The lowest BCUT2D eigenvalue weighted by Gasteiger charge is -2.13. The predicted octanol–water partition coefficient (Wildman–Crippen LogP) is 1.12. The average molecular weight is 238 g/mol. The molecule has 1 heterocycles. The molecule has 1 atom stereocenters. The van der Waals surface area contributed by atoms with Crippen LogP contribution in [0, 0.1) is 5.92 Å². The molecule has 1 rings (SSSR count). The number of hydrogen-bond donors (Lipinski definition) is 2. The van der Waals surface area contributed by atoms with Crippen molar-refractivity contribution in [3.63, 3.8) is 0 Å². The van der Waals surface area contributed by atoms with Crippen molar-refractivity contribution >= 4 is 28.8 Å². The van der Waals surface area contributed by atoms with Gasteiger partial charge in [-0.2, -0.15) is 0 Å². The number of anilines is 1. The standard InChI is InChI=1S/C10H14N4OS/c1-2-3-8(9(11)16)10(15)14-7-4-12-6-13-5-7/h4-6,8H,2-3H2,1H3,(H2,11,16)(H,14,15). The van der Waals surface area contributed by atoms with E-state index in [1.165, 1.54) is 18.7 Å². The Morgan fingerprint density at radius 2 is 2.19 bits per heavy atom. The Morgan fingerprint density at radius 3 is 2.69 bits per heavy atom. The lowest BCUT2D eigenvalue weighted by atomic mass is 10.0. The van der Waals surface area contributed by atoms with Crippen molar-refractivity contribution < 1.29 is 4.79 Å². The number of nitrogens with one attached hydrogen (secondary N) is 1. The van der Waals surface area contributed by atoms with Gasteiger partial charge >= 0.3 is 0 Å². The molecule has 0 saturated carbocycles. The zero-order valence-corrected chi connectivity index (χ0v) is 9.83. The first-order valence-corrected chi connectivity index (χ1v) is 5.41. The molecule has 1 amide bonds. The van der Waals surface area contributed by atoms with E-state index >= 15 is 0 Å². The molecule has 0 bridgehead atoms. The van der Waals surface area contributed by atoms with Crippen LogP contribution >= 0.6 is 12.2 Å². The first-order valence-electron chi connectivity index (χ1n) is 5.00. The minimum absolute atomic E-state index is 0.204. The number of carbonyl (C=O) groups excluding carboxylic acids is 1. The summed E-state index contributed by atoms with van der Waals surface area (Å²) in [7, 11) is 0. The van der Waals surface area contributed by atoms with Crippen molar-refractivity contribution in [1.82, 2.24) is 9.97 Å². The van der Waals surface area contributed by atoms with Gasteiger partial charge in [0, 0.05) is 0 Å². The molecule has 0 fully saturated rings. The van der Waals surface area contributed by atoms with Crippen molar-refractivity contribution in [3.05, 3.63) is 18.7 Å². The summed E-state index contributed by atoms with van der Waals surface area (Å²) in [6.45, 7) is 1.98. The van der Waals surface area contributed by atoms with Crippen LogP contribution in [0.25, 0.3) is 0 Å². The summed E-state index contributed by atoms with van der Waals surface area (Å²) in [6, 6.07) is 0. The number of aromatic nitrogens is 2. The molecule has 16 heavy (non-hydrogen) atoms. The normalized spacial score (nSPS) is 11.8. The Bertz CT molecular complexity index is 368. The van der Waals surface area contributed by atoms with Crippen LogP contribution in [0.1, 0.15) is 19.8 Å². The summed E-state index contributed by atoms with van der Waals surface area (Å²) >= 11 is 4.86. The van der Waals surface area contributed by atoms with Crippen LogP contribution in [-0.2, 0) is 4.79 Å². The van der Waals surface area contributed by atoms with Crippen molar-refractivity contribution in [3.8, 4) is 0 Å². The second-order valence-electron chi connectivity index (χ2n) is 3.36. The summed E-state index contributed by atoms with van der Waals surface area (Å²) in [5.74, 6) is -0.635. The van der Waals surface area contributed by atoms with Gasteiger partial charge in [0.1, 0.15) is 6.33 Å². The van der Waals surface area contributed by atoms with Gasteiger partial charge in [0.25, 0.3) is 0 Å². The van der Waals surface area contributed by atoms with Gasteiger partial charge in [0.15, 0.2) is 0 Å². The third-order valence-corrected chi connectivity index (χ3v) is 2.35. The zero-order chi connectivity index (χ0) is 12.0. The number of rotatable bonds is 5. The summed E-state index contributed by atoms with van der Waals surface area (Å²) < 4.78 is 0. The molecule has 0 spiro atoms. The molecule has 86 valence electrons. The van der Waals surface area contributed by atoms with Gasteiger partial charge in [-0.15, -0.1) is 0 Å². The molecule has 5 nitrogen and oxygen atoms in total. The fourth-order valence-electron chi connectivity index (χ4n) is 1.28. The highest BCUT2D eigenvalue weighted by molar-refractivity contribution is 7.80. The molecule has 0 saturated heterocycles. The van der Waals surface area contributed by atoms with Gasteiger partial charge in [0.05, 0.1) is 29.0 Å². The zero-order valence-electron chi connectivity index (χ0n) is 9.01. The van der Waals surface area contributed by atoms with E-state index in [0.717, 1.165) is 6.42 Å². The average Bonchev–Trinajstić information content (AvgIpc) is 2.26. The van der Waals surface area contributed by atoms with E-state index in [9.17, 15) is 4.79 Å². The lowest BCUT2D eigenvalue weighted by Crippen LogP contribution is -2.33. The number of thiocarbonyl (C=S) groups is 1. The first kappa shape index (κ1) is 12.5. The molecule has 1 unspecified atom stereocenters. The van der Waals surface area contributed by atoms with Gasteiger partial charge in [-0.25, -0.2) is 9.97 Å². The predicted molar refractivity (Wildman–Crippen MR) is 65.8 cm³/mol. The van der Waals surface area contributed by atoms with Crippen molar-refractivity contribution in [2.24, 2.45) is 11.7 Å². The topological polar surface area (TPSA) is 80.9 Å². The Morgan fingerprint density at radius 1 is 1.56 bits per heavy atom. The molecule has 0 aliphatic carbocycles. The number of nitrogens with two attached hydrogens (primary N) is 1. The second kappa shape index (κ2) is 6.12. The third kappa shape index (κ3) is 3.54. The van der Waals surface area contributed by atoms with Crippen LogP contribution < -0.4 is 11.1 Å². The highest BCUT2D eigenvalue weighted by atomic mass is 32.1. The largest absolute Gasteiger partial charge is 0.393 e. The van der Waals surface area contributed by atoms with Gasteiger partial charge < -0.3 is 11.1 Å². The minimum atomic E-state index is -0.430. The highest BCUT2D eigenvalue weighted by Crippen LogP contribution is 2.11. The van der Waals surface area contributed by atoms with E-state index < -0.39 is 5.92 Å². The van der Waals surface area contributed by atoms with Gasteiger partial charge in [-0.1, -0.05) is 25.6 Å². The molecule has 1 aromatic heterocycles. The maximum Gasteiger partial charge on any atom is 0.234 e. The van der Waals surface area contributed by atoms with Crippen LogP contribution in [0.3, 0.4) is 0 Å². The molecule has 0 aliphatic heterocycles. The maximum absolute atomic E-state index is 11.8. The van der Waals surface area contributed by atoms with E-state index in [2.05, 4.69) is 15.3 Å². The van der Waals surface area contributed by atoms with Crippen molar-refractivity contribution in [1.29, 1.82) is 0 Å². The number of hydrogen-bond acceptors (Lipinski definition) is 4. The molecule has 0 radical (unpaired) electrons. The maximum atomic E-state index is 11.8. The molecule has 1 aromatic rings. The highest BCUT2D eigenvalue weighted by Gasteiger charge is 2.20. The Hall–Kier alpha value is -1.56. The van der Waals surface area contributed by atoms with Crippen LogP contribution in [0.5, 0.6) is 0 Å². The summed E-state index contributed by atoms with van der Waals surface area (Å²) in [6.07, 6.45) is 5.93. The van der Waals surface area contributed by atoms with Crippen LogP contribution in [0.2, 0.25) is 0 Å². The molecule has 6 heteroatoms. The lowest BCUT2D eigenvalue weighted by molar-refractivity contribution is -0.118. The Balaban J connectivity index is 2.66. The van der Waals surface area contributed by atoms with Crippen molar-refractivity contribution in [2.75, 3.05) is 5.32 Å². The van der Waals surface area contributed by atoms with Gasteiger partial charge in [0.2, 0.25) is 5.91 Å². The van der Waals surface area contributed by atoms with Gasteiger partial charge in [-0.3, -0.25) is 4.79 Å². The van der Waals surface area contributed by atoms with Crippen molar-refractivity contribution in [2.45, 2.75) is 19.8 Å². The summed E-state index contributed by atoms with van der Waals surface area (Å²) in [5.41, 5.74) is 6.06. The SMILES string of the molecule is CCCC(C(=O)Nc1cncnc1)C(N)=S. The van der Waals surface area contributed by atoms with E-state index in [1.54, 1.807) is 0 Å². The number of amides is 1.